The minimum atomic E-state index is -0.134. The van der Waals surface area contributed by atoms with E-state index in [4.69, 9.17) is 17.3 Å². The van der Waals surface area contributed by atoms with Gasteiger partial charge in [-0.15, -0.1) is 0 Å². The lowest BCUT2D eigenvalue weighted by Gasteiger charge is -2.22. The zero-order chi connectivity index (χ0) is 12.0. The zero-order valence-electron chi connectivity index (χ0n) is 9.64. The van der Waals surface area contributed by atoms with Gasteiger partial charge in [0.1, 0.15) is 0 Å². The fourth-order valence-electron chi connectivity index (χ4n) is 3.22. The summed E-state index contributed by atoms with van der Waals surface area (Å²) in [4.78, 5) is 2.26. The van der Waals surface area contributed by atoms with Gasteiger partial charge in [0.05, 0.1) is 17.5 Å². The summed E-state index contributed by atoms with van der Waals surface area (Å²) in [6.07, 6.45) is 1.95. The fourth-order valence-corrected chi connectivity index (χ4v) is 3.39. The number of aliphatic hydroxyl groups is 1. The summed E-state index contributed by atoms with van der Waals surface area (Å²) in [5.74, 6) is 1.02. The summed E-state index contributed by atoms with van der Waals surface area (Å²) < 4.78 is 0. The van der Waals surface area contributed by atoms with Gasteiger partial charge in [0, 0.05) is 24.0 Å². The molecule has 2 fully saturated rings. The SMILES string of the molecule is Nc1ccc(Cl)cc1N1CC2CCC(O)C2C1. The molecule has 0 radical (unpaired) electrons. The van der Waals surface area contributed by atoms with Crippen LogP contribution in [0, 0.1) is 11.8 Å². The van der Waals surface area contributed by atoms with Gasteiger partial charge in [0.2, 0.25) is 0 Å². The molecular weight excluding hydrogens is 236 g/mol. The highest BCUT2D eigenvalue weighted by Crippen LogP contribution is 2.41. The van der Waals surface area contributed by atoms with Crippen molar-refractivity contribution in [1.82, 2.24) is 0 Å². The van der Waals surface area contributed by atoms with Crippen LogP contribution in [0.5, 0.6) is 0 Å². The first-order valence-electron chi connectivity index (χ1n) is 6.13. The monoisotopic (exact) mass is 252 g/mol. The van der Waals surface area contributed by atoms with E-state index in [1.165, 1.54) is 0 Å². The molecule has 0 amide bonds. The second kappa shape index (κ2) is 4.07. The maximum Gasteiger partial charge on any atom is 0.0615 e. The van der Waals surface area contributed by atoms with Crippen LogP contribution in [-0.2, 0) is 0 Å². The van der Waals surface area contributed by atoms with Crippen LogP contribution < -0.4 is 10.6 Å². The summed E-state index contributed by atoms with van der Waals surface area (Å²) in [6, 6.07) is 5.58. The molecule has 2 aliphatic rings. The Kier molecular flexibility index (Phi) is 2.68. The van der Waals surface area contributed by atoms with Gasteiger partial charge < -0.3 is 15.7 Å². The van der Waals surface area contributed by atoms with Gasteiger partial charge >= 0.3 is 0 Å². The third kappa shape index (κ3) is 1.87. The summed E-state index contributed by atoms with van der Waals surface area (Å²) in [6.45, 7) is 1.89. The number of nitrogens with zero attached hydrogens (tertiary/aromatic N) is 1. The minimum absolute atomic E-state index is 0.134. The van der Waals surface area contributed by atoms with Gasteiger partial charge in [-0.25, -0.2) is 0 Å². The maximum atomic E-state index is 9.90. The van der Waals surface area contributed by atoms with Gasteiger partial charge in [0.25, 0.3) is 0 Å². The Bertz CT molecular complexity index is 437. The topological polar surface area (TPSA) is 49.5 Å². The number of halogens is 1. The number of hydrogen-bond donors (Lipinski definition) is 2. The minimum Gasteiger partial charge on any atom is -0.397 e. The predicted octanol–water partition coefficient (Wildman–Crippen LogP) is 2.13. The predicted molar refractivity (Wildman–Crippen MR) is 70.3 cm³/mol. The van der Waals surface area contributed by atoms with Crippen molar-refractivity contribution in [1.29, 1.82) is 0 Å². The van der Waals surface area contributed by atoms with Crippen molar-refractivity contribution in [3.63, 3.8) is 0 Å². The molecule has 1 heterocycles. The molecule has 1 aromatic rings. The maximum absolute atomic E-state index is 9.90. The summed E-state index contributed by atoms with van der Waals surface area (Å²) in [5, 5.41) is 10.6. The Morgan fingerprint density at radius 1 is 1.29 bits per heavy atom. The molecule has 4 heteroatoms. The van der Waals surface area contributed by atoms with Gasteiger partial charge in [-0.2, -0.15) is 0 Å². The van der Waals surface area contributed by atoms with Crippen LogP contribution in [0.4, 0.5) is 11.4 Å². The molecule has 3 N–H and O–H groups in total. The first-order valence-corrected chi connectivity index (χ1v) is 6.51. The van der Waals surface area contributed by atoms with E-state index in [1.807, 2.05) is 18.2 Å². The van der Waals surface area contributed by atoms with E-state index in [2.05, 4.69) is 4.90 Å². The summed E-state index contributed by atoms with van der Waals surface area (Å²) in [5.41, 5.74) is 7.77. The van der Waals surface area contributed by atoms with Gasteiger partial charge in [0.15, 0.2) is 0 Å². The Balaban J connectivity index is 1.85. The molecule has 1 aromatic carbocycles. The Labute approximate surface area is 106 Å². The van der Waals surface area contributed by atoms with E-state index in [9.17, 15) is 5.11 Å². The number of hydrogen-bond acceptors (Lipinski definition) is 3. The molecular formula is C13H17ClN2O. The lowest BCUT2D eigenvalue weighted by atomic mass is 10.00. The van der Waals surface area contributed by atoms with Gasteiger partial charge in [-0.1, -0.05) is 11.6 Å². The molecule has 0 aromatic heterocycles. The standard InChI is InChI=1S/C13H17ClN2O/c14-9-2-3-11(15)12(5-9)16-6-8-1-4-13(17)10(8)7-16/h2-3,5,8,10,13,17H,1,4,6-7,15H2. The van der Waals surface area contributed by atoms with E-state index in [-0.39, 0.29) is 6.10 Å². The van der Waals surface area contributed by atoms with Crippen molar-refractivity contribution >= 4 is 23.0 Å². The third-order valence-corrected chi connectivity index (χ3v) is 4.39. The molecule has 3 unspecified atom stereocenters. The molecule has 17 heavy (non-hydrogen) atoms. The third-order valence-electron chi connectivity index (χ3n) is 4.15. The van der Waals surface area contributed by atoms with E-state index in [0.717, 1.165) is 37.3 Å². The number of aliphatic hydroxyl groups excluding tert-OH is 1. The van der Waals surface area contributed by atoms with Crippen LogP contribution in [0.15, 0.2) is 18.2 Å². The number of nitrogen functional groups attached to an aromatic ring is 1. The molecule has 3 atom stereocenters. The van der Waals surface area contributed by atoms with Gasteiger partial charge in [-0.3, -0.25) is 0 Å². The normalized spacial score (nSPS) is 31.9. The molecule has 1 saturated carbocycles. The molecule has 0 bridgehead atoms. The van der Waals surface area contributed by atoms with Gasteiger partial charge in [-0.05, 0) is 37.0 Å². The molecule has 3 nitrogen and oxygen atoms in total. The van der Waals surface area contributed by atoms with Crippen LogP contribution in [0.3, 0.4) is 0 Å². The number of nitrogens with two attached hydrogens (primary N) is 1. The number of rotatable bonds is 1. The van der Waals surface area contributed by atoms with Crippen LogP contribution in [0.2, 0.25) is 5.02 Å². The lowest BCUT2D eigenvalue weighted by molar-refractivity contribution is 0.133. The van der Waals surface area contributed by atoms with Crippen LogP contribution in [-0.4, -0.2) is 24.3 Å². The van der Waals surface area contributed by atoms with Crippen molar-refractivity contribution in [2.45, 2.75) is 18.9 Å². The zero-order valence-corrected chi connectivity index (χ0v) is 10.4. The second-order valence-corrected chi connectivity index (χ2v) is 5.61. The fraction of sp³-hybridized carbons (Fsp3) is 0.538. The first kappa shape index (κ1) is 11.2. The molecule has 1 aliphatic carbocycles. The highest BCUT2D eigenvalue weighted by molar-refractivity contribution is 6.31. The second-order valence-electron chi connectivity index (χ2n) is 5.18. The van der Waals surface area contributed by atoms with Crippen molar-refractivity contribution < 1.29 is 5.11 Å². The smallest absolute Gasteiger partial charge is 0.0615 e. The Morgan fingerprint density at radius 2 is 2.12 bits per heavy atom. The van der Waals surface area contributed by atoms with Crippen LogP contribution >= 0.6 is 11.6 Å². The summed E-state index contributed by atoms with van der Waals surface area (Å²) in [7, 11) is 0. The quantitative estimate of drug-likeness (QED) is 0.753. The number of benzene rings is 1. The van der Waals surface area contributed by atoms with Crippen molar-refractivity contribution in [2.24, 2.45) is 11.8 Å². The molecule has 1 aliphatic heterocycles. The summed E-state index contributed by atoms with van der Waals surface area (Å²) >= 11 is 6.01. The van der Waals surface area contributed by atoms with Crippen molar-refractivity contribution in [3.05, 3.63) is 23.2 Å². The highest BCUT2D eigenvalue weighted by Gasteiger charge is 2.42. The van der Waals surface area contributed by atoms with E-state index in [0.29, 0.717) is 16.9 Å². The number of anilines is 2. The first-order chi connectivity index (χ1) is 8.15. The van der Waals surface area contributed by atoms with E-state index >= 15 is 0 Å². The van der Waals surface area contributed by atoms with Crippen molar-refractivity contribution in [2.75, 3.05) is 23.7 Å². The number of fused-ring (bicyclic) bond motifs is 1. The molecule has 1 saturated heterocycles. The highest BCUT2D eigenvalue weighted by atomic mass is 35.5. The van der Waals surface area contributed by atoms with Crippen molar-refractivity contribution in [3.8, 4) is 0 Å². The average molecular weight is 253 g/mol. The Morgan fingerprint density at radius 3 is 2.88 bits per heavy atom. The average Bonchev–Trinajstić information content (AvgIpc) is 2.85. The van der Waals surface area contributed by atoms with Crippen LogP contribution in [0.25, 0.3) is 0 Å². The van der Waals surface area contributed by atoms with E-state index in [1.54, 1.807) is 0 Å². The van der Waals surface area contributed by atoms with Crippen LogP contribution in [0.1, 0.15) is 12.8 Å². The largest absolute Gasteiger partial charge is 0.397 e. The molecule has 0 spiro atoms. The lowest BCUT2D eigenvalue weighted by Crippen LogP contribution is -2.25. The van der Waals surface area contributed by atoms with E-state index < -0.39 is 0 Å². The Hall–Kier alpha value is -0.930. The molecule has 3 rings (SSSR count). The molecule has 92 valence electrons.